The summed E-state index contributed by atoms with van der Waals surface area (Å²) in [4.78, 5) is 3.95. The van der Waals surface area contributed by atoms with Gasteiger partial charge in [-0.15, -0.1) is 0 Å². The highest BCUT2D eigenvalue weighted by Gasteiger charge is 2.11. The fraction of sp³-hybridized carbons (Fsp3) is 0.267. The predicted octanol–water partition coefficient (Wildman–Crippen LogP) is 3.20. The second kappa shape index (κ2) is 5.74. The number of hydrogen-bond donors (Lipinski definition) is 1. The number of aromatic nitrogens is 1. The Balaban J connectivity index is 2.01. The lowest BCUT2D eigenvalue weighted by Gasteiger charge is -2.13. The van der Waals surface area contributed by atoms with E-state index in [1.54, 1.807) is 18.5 Å². The zero-order chi connectivity index (χ0) is 13.0. The van der Waals surface area contributed by atoms with Crippen molar-refractivity contribution >= 4 is 0 Å². The number of rotatable bonds is 4. The Labute approximate surface area is 106 Å². The number of halogens is 1. The first-order valence-electron chi connectivity index (χ1n) is 6.00. The molecule has 1 aromatic heterocycles. The Kier molecular flexibility index (Phi) is 4.05. The molecule has 3 heteroatoms. The molecule has 0 amide bonds. The molecular formula is C15H16FNO. The lowest BCUT2D eigenvalue weighted by molar-refractivity contribution is 0.167. The van der Waals surface area contributed by atoms with Gasteiger partial charge in [0.05, 0.1) is 6.10 Å². The minimum atomic E-state index is -0.557. The number of aryl methyl sites for hydroxylation is 2. The van der Waals surface area contributed by atoms with Gasteiger partial charge >= 0.3 is 0 Å². The quantitative estimate of drug-likeness (QED) is 0.897. The first-order chi connectivity index (χ1) is 8.66. The Morgan fingerprint density at radius 3 is 2.61 bits per heavy atom. The molecule has 0 aliphatic rings. The highest BCUT2D eigenvalue weighted by molar-refractivity contribution is 5.28. The van der Waals surface area contributed by atoms with Crippen LogP contribution >= 0.6 is 0 Å². The van der Waals surface area contributed by atoms with Gasteiger partial charge in [-0.1, -0.05) is 6.07 Å². The minimum absolute atomic E-state index is 0.266. The summed E-state index contributed by atoms with van der Waals surface area (Å²) in [5.74, 6) is -0.266. The van der Waals surface area contributed by atoms with Gasteiger partial charge in [-0.05, 0) is 60.7 Å². The summed E-state index contributed by atoms with van der Waals surface area (Å²) in [5.41, 5.74) is 2.73. The molecule has 0 aliphatic carbocycles. The van der Waals surface area contributed by atoms with Crippen LogP contribution in [0.3, 0.4) is 0 Å². The van der Waals surface area contributed by atoms with Gasteiger partial charge in [-0.3, -0.25) is 4.98 Å². The van der Waals surface area contributed by atoms with Crippen molar-refractivity contribution in [3.63, 3.8) is 0 Å². The van der Waals surface area contributed by atoms with E-state index in [0.717, 1.165) is 23.1 Å². The first kappa shape index (κ1) is 12.7. The molecule has 0 aliphatic heterocycles. The van der Waals surface area contributed by atoms with Crippen LogP contribution in [-0.4, -0.2) is 10.1 Å². The summed E-state index contributed by atoms with van der Waals surface area (Å²) >= 11 is 0. The van der Waals surface area contributed by atoms with E-state index in [1.165, 1.54) is 12.1 Å². The van der Waals surface area contributed by atoms with E-state index in [4.69, 9.17) is 0 Å². The van der Waals surface area contributed by atoms with Crippen LogP contribution in [0.1, 0.15) is 29.2 Å². The third-order valence-electron chi connectivity index (χ3n) is 3.05. The Hall–Kier alpha value is -1.74. The van der Waals surface area contributed by atoms with E-state index >= 15 is 0 Å². The molecule has 1 unspecified atom stereocenters. The largest absolute Gasteiger partial charge is 0.388 e. The predicted molar refractivity (Wildman–Crippen MR) is 68.7 cm³/mol. The fourth-order valence-corrected chi connectivity index (χ4v) is 2.02. The lowest BCUT2D eigenvalue weighted by atomic mass is 9.98. The monoisotopic (exact) mass is 245 g/mol. The molecule has 1 atom stereocenters. The Bertz CT molecular complexity index is 513. The molecule has 18 heavy (non-hydrogen) atoms. The molecule has 2 aromatic rings. The number of nitrogens with zero attached hydrogens (tertiary/aromatic N) is 1. The van der Waals surface area contributed by atoms with Crippen LogP contribution in [0.15, 0.2) is 42.7 Å². The molecule has 2 rings (SSSR count). The maximum Gasteiger partial charge on any atom is 0.123 e. The molecule has 0 saturated heterocycles. The minimum Gasteiger partial charge on any atom is -0.388 e. The molecule has 0 saturated carbocycles. The number of pyridine rings is 1. The number of hydrogen-bond acceptors (Lipinski definition) is 2. The summed E-state index contributed by atoms with van der Waals surface area (Å²) in [6.07, 6.45) is 4.32. The SMILES string of the molecule is Cc1cc(F)ccc1C(O)CCc1ccncc1. The van der Waals surface area contributed by atoms with Gasteiger partial charge in [-0.25, -0.2) is 4.39 Å². The van der Waals surface area contributed by atoms with Crippen LogP contribution in [0, 0.1) is 12.7 Å². The maximum absolute atomic E-state index is 13.0. The fourth-order valence-electron chi connectivity index (χ4n) is 2.02. The second-order valence-electron chi connectivity index (χ2n) is 4.41. The van der Waals surface area contributed by atoms with E-state index in [-0.39, 0.29) is 5.82 Å². The Morgan fingerprint density at radius 1 is 1.22 bits per heavy atom. The van der Waals surface area contributed by atoms with Crippen molar-refractivity contribution in [3.05, 3.63) is 65.2 Å². The van der Waals surface area contributed by atoms with E-state index in [9.17, 15) is 9.50 Å². The smallest absolute Gasteiger partial charge is 0.123 e. The maximum atomic E-state index is 13.0. The topological polar surface area (TPSA) is 33.1 Å². The van der Waals surface area contributed by atoms with Crippen LogP contribution < -0.4 is 0 Å². The van der Waals surface area contributed by atoms with Crippen molar-refractivity contribution in [1.82, 2.24) is 4.98 Å². The number of benzene rings is 1. The van der Waals surface area contributed by atoms with Crippen LogP contribution in [0.2, 0.25) is 0 Å². The van der Waals surface area contributed by atoms with Gasteiger partial charge in [0, 0.05) is 12.4 Å². The van der Waals surface area contributed by atoms with Gasteiger partial charge in [0.2, 0.25) is 0 Å². The number of aliphatic hydroxyl groups excluding tert-OH is 1. The van der Waals surface area contributed by atoms with Crippen molar-refractivity contribution < 1.29 is 9.50 Å². The van der Waals surface area contributed by atoms with Gasteiger partial charge in [0.25, 0.3) is 0 Å². The summed E-state index contributed by atoms with van der Waals surface area (Å²) < 4.78 is 13.0. The van der Waals surface area contributed by atoms with Crippen molar-refractivity contribution in [3.8, 4) is 0 Å². The molecule has 1 heterocycles. The molecule has 1 aromatic carbocycles. The van der Waals surface area contributed by atoms with Crippen LogP contribution in [0.25, 0.3) is 0 Å². The van der Waals surface area contributed by atoms with Crippen molar-refractivity contribution in [1.29, 1.82) is 0 Å². The van der Waals surface area contributed by atoms with Crippen molar-refractivity contribution in [2.45, 2.75) is 25.9 Å². The normalized spacial score (nSPS) is 12.4. The highest BCUT2D eigenvalue weighted by Crippen LogP contribution is 2.22. The molecule has 1 N–H and O–H groups in total. The van der Waals surface area contributed by atoms with E-state index < -0.39 is 6.10 Å². The van der Waals surface area contributed by atoms with Crippen LogP contribution in [0.5, 0.6) is 0 Å². The highest BCUT2D eigenvalue weighted by atomic mass is 19.1. The first-order valence-corrected chi connectivity index (χ1v) is 6.00. The molecule has 0 bridgehead atoms. The summed E-state index contributed by atoms with van der Waals surface area (Å²) in [6.45, 7) is 1.81. The molecular weight excluding hydrogens is 229 g/mol. The van der Waals surface area contributed by atoms with Gasteiger partial charge in [-0.2, -0.15) is 0 Å². The van der Waals surface area contributed by atoms with Gasteiger partial charge < -0.3 is 5.11 Å². The average Bonchev–Trinajstić information content (AvgIpc) is 2.37. The molecule has 94 valence electrons. The second-order valence-corrected chi connectivity index (χ2v) is 4.41. The van der Waals surface area contributed by atoms with Crippen LogP contribution in [-0.2, 0) is 6.42 Å². The number of aliphatic hydroxyl groups is 1. The summed E-state index contributed by atoms with van der Waals surface area (Å²) in [7, 11) is 0. The van der Waals surface area contributed by atoms with Crippen molar-refractivity contribution in [2.24, 2.45) is 0 Å². The average molecular weight is 245 g/mol. The standard InChI is InChI=1S/C15H16FNO/c1-11-10-13(16)3-4-14(11)15(18)5-2-12-6-8-17-9-7-12/h3-4,6-10,15,18H,2,5H2,1H3. The van der Waals surface area contributed by atoms with E-state index in [1.807, 2.05) is 19.1 Å². The molecule has 0 spiro atoms. The molecule has 0 fully saturated rings. The zero-order valence-corrected chi connectivity index (χ0v) is 10.3. The van der Waals surface area contributed by atoms with Gasteiger partial charge in [0.1, 0.15) is 5.82 Å². The van der Waals surface area contributed by atoms with E-state index in [0.29, 0.717) is 6.42 Å². The Morgan fingerprint density at radius 2 is 1.94 bits per heavy atom. The summed E-state index contributed by atoms with van der Waals surface area (Å²) in [5, 5.41) is 10.1. The molecule has 0 radical (unpaired) electrons. The third-order valence-corrected chi connectivity index (χ3v) is 3.05. The van der Waals surface area contributed by atoms with Crippen LogP contribution in [0.4, 0.5) is 4.39 Å². The summed E-state index contributed by atoms with van der Waals surface area (Å²) in [6, 6.07) is 8.36. The van der Waals surface area contributed by atoms with Crippen molar-refractivity contribution in [2.75, 3.05) is 0 Å². The third kappa shape index (κ3) is 3.14. The van der Waals surface area contributed by atoms with E-state index in [2.05, 4.69) is 4.98 Å². The lowest BCUT2D eigenvalue weighted by Crippen LogP contribution is -2.02. The molecule has 2 nitrogen and oxygen atoms in total. The zero-order valence-electron chi connectivity index (χ0n) is 10.3. The van der Waals surface area contributed by atoms with Gasteiger partial charge in [0.15, 0.2) is 0 Å².